The van der Waals surface area contributed by atoms with Crippen LogP contribution in [0.2, 0.25) is 0 Å². The molecule has 4 rings (SSSR count). The van der Waals surface area contributed by atoms with Crippen LogP contribution in [0.3, 0.4) is 0 Å². The van der Waals surface area contributed by atoms with Gasteiger partial charge in [-0.05, 0) is 29.9 Å². The molecule has 1 aromatic heterocycles. The molecule has 0 saturated heterocycles. The average Bonchev–Trinajstić information content (AvgIpc) is 3.46. The van der Waals surface area contributed by atoms with Crippen molar-refractivity contribution in [3.63, 3.8) is 0 Å². The average molecular weight is 398 g/mol. The van der Waals surface area contributed by atoms with Crippen molar-refractivity contribution in [3.05, 3.63) is 51.9 Å². The van der Waals surface area contributed by atoms with Crippen LogP contribution >= 0.6 is 11.3 Å². The first-order valence-electron chi connectivity index (χ1n) is 9.43. The monoisotopic (exact) mass is 397 g/mol. The summed E-state index contributed by atoms with van der Waals surface area (Å²) in [6.07, 6.45) is 3.36. The van der Waals surface area contributed by atoms with E-state index in [0.717, 1.165) is 27.4 Å². The van der Waals surface area contributed by atoms with Crippen molar-refractivity contribution in [2.45, 2.75) is 25.3 Å². The summed E-state index contributed by atoms with van der Waals surface area (Å²) in [5.41, 5.74) is 3.30. The van der Waals surface area contributed by atoms with Gasteiger partial charge in [0, 0.05) is 36.2 Å². The highest BCUT2D eigenvalue weighted by Gasteiger charge is 2.44. The molecule has 6 nitrogen and oxygen atoms in total. The minimum Gasteiger partial charge on any atom is -0.387 e. The Kier molecular flexibility index (Phi) is 5.28. The number of aliphatic imine (C=N–C) groups is 1. The van der Waals surface area contributed by atoms with Gasteiger partial charge in [-0.2, -0.15) is 0 Å². The Bertz CT molecular complexity index is 922. The Morgan fingerprint density at radius 3 is 2.86 bits per heavy atom. The van der Waals surface area contributed by atoms with Crippen molar-refractivity contribution >= 4 is 34.4 Å². The van der Waals surface area contributed by atoms with E-state index in [1.54, 1.807) is 18.2 Å². The minimum atomic E-state index is -0.476. The molecule has 1 aliphatic carbocycles. The number of amides is 2. The topological polar surface area (TPSA) is 82.0 Å². The van der Waals surface area contributed by atoms with Crippen LogP contribution in [0.4, 0.5) is 5.00 Å². The number of thiophene rings is 1. The van der Waals surface area contributed by atoms with Gasteiger partial charge in [0.1, 0.15) is 11.6 Å². The zero-order chi connectivity index (χ0) is 19.7. The lowest BCUT2D eigenvalue weighted by Gasteiger charge is -2.26. The van der Waals surface area contributed by atoms with Gasteiger partial charge in [0.15, 0.2) is 0 Å². The molecule has 2 aromatic rings. The fourth-order valence-electron chi connectivity index (χ4n) is 3.86. The first kappa shape index (κ1) is 18.8. The van der Waals surface area contributed by atoms with E-state index in [1.807, 2.05) is 18.2 Å². The number of nitrogens with zero attached hydrogens (tertiary/aromatic N) is 2. The van der Waals surface area contributed by atoms with Crippen molar-refractivity contribution < 1.29 is 14.7 Å². The molecule has 1 saturated carbocycles. The Labute approximate surface area is 167 Å². The number of hydrogen-bond acceptors (Lipinski definition) is 5. The second-order valence-corrected chi connectivity index (χ2v) is 8.31. The SMILES string of the molecule is CN=Cc1c(NC(=O)C2CC2c2ccccc2)sc2c1CCN(C(=O)CO)C2. The van der Waals surface area contributed by atoms with E-state index < -0.39 is 6.61 Å². The van der Waals surface area contributed by atoms with Crippen LogP contribution < -0.4 is 5.32 Å². The molecule has 28 heavy (non-hydrogen) atoms. The third-order valence-electron chi connectivity index (χ3n) is 5.44. The van der Waals surface area contributed by atoms with Crippen LogP contribution in [-0.2, 0) is 22.6 Å². The highest BCUT2D eigenvalue weighted by Crippen LogP contribution is 2.48. The number of aliphatic hydroxyl groups is 1. The Balaban J connectivity index is 1.51. The highest BCUT2D eigenvalue weighted by atomic mass is 32.1. The van der Waals surface area contributed by atoms with Gasteiger partial charge in [-0.1, -0.05) is 30.3 Å². The maximum Gasteiger partial charge on any atom is 0.248 e. The molecule has 2 amide bonds. The zero-order valence-corrected chi connectivity index (χ0v) is 16.5. The van der Waals surface area contributed by atoms with Crippen LogP contribution in [0, 0.1) is 5.92 Å². The van der Waals surface area contributed by atoms with Crippen molar-refractivity contribution in [3.8, 4) is 0 Å². The highest BCUT2D eigenvalue weighted by molar-refractivity contribution is 7.17. The smallest absolute Gasteiger partial charge is 0.248 e. The molecular formula is C21H23N3O3S. The molecule has 2 atom stereocenters. The van der Waals surface area contributed by atoms with Crippen molar-refractivity contribution in [2.75, 3.05) is 25.5 Å². The number of hydrogen-bond donors (Lipinski definition) is 2. The maximum absolute atomic E-state index is 12.8. The van der Waals surface area contributed by atoms with Crippen LogP contribution in [0.25, 0.3) is 0 Å². The molecule has 0 radical (unpaired) electrons. The van der Waals surface area contributed by atoms with Crippen molar-refractivity contribution in [1.82, 2.24) is 4.90 Å². The predicted molar refractivity (Wildman–Crippen MR) is 110 cm³/mol. The van der Waals surface area contributed by atoms with Gasteiger partial charge in [0.05, 0.1) is 6.54 Å². The van der Waals surface area contributed by atoms with Gasteiger partial charge in [-0.15, -0.1) is 11.3 Å². The van der Waals surface area contributed by atoms with Gasteiger partial charge in [-0.3, -0.25) is 14.6 Å². The van der Waals surface area contributed by atoms with E-state index in [9.17, 15) is 9.59 Å². The number of anilines is 1. The standard InChI is InChI=1S/C21H23N3O3S/c1-22-10-17-14-7-8-24(19(26)12-25)11-18(14)28-21(17)23-20(27)16-9-15(16)13-5-3-2-4-6-13/h2-6,10,15-16,25H,7-9,11-12H2,1H3,(H,23,27). The quantitative estimate of drug-likeness (QED) is 0.760. The third kappa shape index (κ3) is 3.59. The molecule has 7 heteroatoms. The molecular weight excluding hydrogens is 374 g/mol. The van der Waals surface area contributed by atoms with Crippen LogP contribution in [0.5, 0.6) is 0 Å². The maximum atomic E-state index is 12.8. The first-order chi connectivity index (χ1) is 13.6. The number of fused-ring (bicyclic) bond motifs is 1. The molecule has 0 bridgehead atoms. The fourth-order valence-corrected chi connectivity index (χ4v) is 5.10. The number of benzene rings is 1. The van der Waals surface area contributed by atoms with E-state index in [2.05, 4.69) is 22.4 Å². The van der Waals surface area contributed by atoms with Crippen LogP contribution in [0.1, 0.15) is 33.9 Å². The van der Waals surface area contributed by atoms with E-state index in [4.69, 9.17) is 5.11 Å². The van der Waals surface area contributed by atoms with E-state index >= 15 is 0 Å². The molecule has 0 spiro atoms. The Morgan fingerprint density at radius 2 is 2.14 bits per heavy atom. The van der Waals surface area contributed by atoms with Gasteiger partial charge in [0.25, 0.3) is 0 Å². The second-order valence-electron chi connectivity index (χ2n) is 7.21. The molecule has 2 aliphatic rings. The molecule has 2 heterocycles. The number of carbonyl (C=O) groups is 2. The number of nitrogens with one attached hydrogen (secondary N) is 1. The summed E-state index contributed by atoms with van der Waals surface area (Å²) >= 11 is 1.51. The Morgan fingerprint density at radius 1 is 1.36 bits per heavy atom. The van der Waals surface area contributed by atoms with Crippen LogP contribution in [0.15, 0.2) is 35.3 Å². The first-order valence-corrected chi connectivity index (χ1v) is 10.2. The van der Waals surface area contributed by atoms with Gasteiger partial charge in [0.2, 0.25) is 11.8 Å². The predicted octanol–water partition coefficient (Wildman–Crippen LogP) is 2.42. The summed E-state index contributed by atoms with van der Waals surface area (Å²) in [6, 6.07) is 10.1. The van der Waals surface area contributed by atoms with Gasteiger partial charge >= 0.3 is 0 Å². The zero-order valence-electron chi connectivity index (χ0n) is 15.7. The number of carbonyl (C=O) groups excluding carboxylic acids is 2. The lowest BCUT2D eigenvalue weighted by molar-refractivity contribution is -0.135. The lowest BCUT2D eigenvalue weighted by atomic mass is 10.0. The summed E-state index contributed by atoms with van der Waals surface area (Å²) < 4.78 is 0. The molecule has 2 unspecified atom stereocenters. The minimum absolute atomic E-state index is 0.000378. The molecule has 1 aliphatic heterocycles. The van der Waals surface area contributed by atoms with Gasteiger partial charge in [-0.25, -0.2) is 0 Å². The van der Waals surface area contributed by atoms with Gasteiger partial charge < -0.3 is 15.3 Å². The Hall–Kier alpha value is -2.51. The third-order valence-corrected chi connectivity index (χ3v) is 6.58. The molecule has 1 fully saturated rings. The summed E-state index contributed by atoms with van der Waals surface area (Å²) in [5.74, 6) is 0.0673. The summed E-state index contributed by atoms with van der Waals surface area (Å²) in [5, 5.41) is 13.0. The summed E-state index contributed by atoms with van der Waals surface area (Å²) in [4.78, 5) is 31.5. The number of aliphatic hydroxyl groups excluding tert-OH is 1. The largest absolute Gasteiger partial charge is 0.387 e. The van der Waals surface area contributed by atoms with E-state index in [-0.39, 0.29) is 23.7 Å². The molecule has 2 N–H and O–H groups in total. The van der Waals surface area contributed by atoms with Crippen molar-refractivity contribution in [1.29, 1.82) is 0 Å². The second kappa shape index (κ2) is 7.85. The van der Waals surface area contributed by atoms with Crippen molar-refractivity contribution in [2.24, 2.45) is 10.9 Å². The van der Waals surface area contributed by atoms with E-state index in [0.29, 0.717) is 19.5 Å². The van der Waals surface area contributed by atoms with E-state index in [1.165, 1.54) is 16.9 Å². The summed E-state index contributed by atoms with van der Waals surface area (Å²) in [6.45, 7) is 0.561. The normalized spacial score (nSPS) is 20.9. The van der Waals surface area contributed by atoms with Crippen LogP contribution in [-0.4, -0.2) is 48.2 Å². The molecule has 146 valence electrons. The summed E-state index contributed by atoms with van der Waals surface area (Å²) in [7, 11) is 1.71. The lowest BCUT2D eigenvalue weighted by Crippen LogP contribution is -2.37. The molecule has 1 aromatic carbocycles. The number of rotatable bonds is 5. The fraction of sp³-hybridized carbons (Fsp3) is 0.381.